The molecule has 0 spiro atoms. The maximum Gasteiger partial charge on any atom is 0.418 e. The number of nitrogens with zero attached hydrogens (tertiary/aromatic N) is 4. The van der Waals surface area contributed by atoms with Crippen molar-refractivity contribution in [2.75, 3.05) is 18.0 Å². The summed E-state index contributed by atoms with van der Waals surface area (Å²) in [6.45, 7) is 1.43. The van der Waals surface area contributed by atoms with E-state index in [1.807, 2.05) is 6.07 Å². The molecule has 30 heavy (non-hydrogen) atoms. The number of halogens is 3. The lowest BCUT2D eigenvalue weighted by Crippen LogP contribution is -2.35. The number of hydrogen-bond donors (Lipinski definition) is 0. The first-order valence-electron chi connectivity index (χ1n) is 10.8. The molecule has 1 aliphatic heterocycles. The third-order valence-electron chi connectivity index (χ3n) is 6.21. The molecule has 1 saturated carbocycles. The molecule has 2 aromatic rings. The normalized spacial score (nSPS) is 18.6. The lowest BCUT2D eigenvalue weighted by Gasteiger charge is -2.29. The van der Waals surface area contributed by atoms with Gasteiger partial charge in [0, 0.05) is 24.8 Å². The Morgan fingerprint density at radius 1 is 1.03 bits per heavy atom. The minimum atomic E-state index is -4.52. The SMILES string of the molecule is O=c1c(C2CCCCC2)cc(N2CCCCC2)nn1Cc1ncccc1C(F)(F)F. The number of hydrogen-bond acceptors (Lipinski definition) is 4. The first-order valence-corrected chi connectivity index (χ1v) is 10.8. The molecule has 0 atom stereocenters. The van der Waals surface area contributed by atoms with E-state index in [4.69, 9.17) is 0 Å². The van der Waals surface area contributed by atoms with Crippen LogP contribution in [0.3, 0.4) is 0 Å². The molecule has 0 amide bonds. The predicted octanol–water partition coefficient (Wildman–Crippen LogP) is 4.74. The fraction of sp³-hybridized carbons (Fsp3) is 0.591. The molecule has 0 unspecified atom stereocenters. The highest BCUT2D eigenvalue weighted by Gasteiger charge is 2.34. The molecule has 3 heterocycles. The Morgan fingerprint density at radius 2 is 1.73 bits per heavy atom. The van der Waals surface area contributed by atoms with Gasteiger partial charge in [0.05, 0.1) is 17.8 Å². The second-order valence-corrected chi connectivity index (χ2v) is 8.30. The highest BCUT2D eigenvalue weighted by Crippen LogP contribution is 2.33. The minimum absolute atomic E-state index is 0.148. The summed E-state index contributed by atoms with van der Waals surface area (Å²) >= 11 is 0. The first kappa shape index (κ1) is 20.9. The third-order valence-corrected chi connectivity index (χ3v) is 6.21. The Hall–Kier alpha value is -2.38. The van der Waals surface area contributed by atoms with E-state index in [0.29, 0.717) is 11.4 Å². The van der Waals surface area contributed by atoms with Gasteiger partial charge in [0.2, 0.25) is 0 Å². The van der Waals surface area contributed by atoms with Crippen molar-refractivity contribution in [2.45, 2.75) is 70.0 Å². The first-order chi connectivity index (χ1) is 14.4. The summed E-state index contributed by atoms with van der Waals surface area (Å²) in [4.78, 5) is 19.3. The standard InChI is InChI=1S/C22H27F3N4O/c23-22(24,25)18-10-7-11-26-19(18)15-29-21(30)17(16-8-3-1-4-9-16)14-20(27-29)28-12-5-2-6-13-28/h7,10-11,14,16H,1-6,8-9,12-13,15H2. The van der Waals surface area contributed by atoms with Crippen molar-refractivity contribution in [3.8, 4) is 0 Å². The van der Waals surface area contributed by atoms with Gasteiger partial charge in [-0.05, 0) is 56.2 Å². The van der Waals surface area contributed by atoms with Crippen LogP contribution in [0.2, 0.25) is 0 Å². The van der Waals surface area contributed by atoms with Crippen molar-refractivity contribution in [3.63, 3.8) is 0 Å². The van der Waals surface area contributed by atoms with E-state index in [1.165, 1.54) is 16.9 Å². The number of piperidine rings is 1. The van der Waals surface area contributed by atoms with Crippen molar-refractivity contribution in [1.82, 2.24) is 14.8 Å². The van der Waals surface area contributed by atoms with Gasteiger partial charge in [-0.15, -0.1) is 0 Å². The van der Waals surface area contributed by atoms with E-state index >= 15 is 0 Å². The monoisotopic (exact) mass is 420 g/mol. The van der Waals surface area contributed by atoms with E-state index in [-0.39, 0.29) is 23.7 Å². The molecule has 8 heteroatoms. The van der Waals surface area contributed by atoms with Gasteiger partial charge >= 0.3 is 6.18 Å². The second kappa shape index (κ2) is 8.78. The lowest BCUT2D eigenvalue weighted by atomic mass is 9.84. The summed E-state index contributed by atoms with van der Waals surface area (Å²) < 4.78 is 41.5. The van der Waals surface area contributed by atoms with Crippen LogP contribution in [0.5, 0.6) is 0 Å². The van der Waals surface area contributed by atoms with Crippen LogP contribution < -0.4 is 10.5 Å². The van der Waals surface area contributed by atoms with Gasteiger partial charge in [0.25, 0.3) is 5.56 Å². The van der Waals surface area contributed by atoms with Gasteiger partial charge < -0.3 is 4.90 Å². The Bertz CT molecular complexity index is 929. The van der Waals surface area contributed by atoms with Gasteiger partial charge in [0.1, 0.15) is 5.82 Å². The predicted molar refractivity (Wildman–Crippen MR) is 109 cm³/mol. The molecule has 2 aromatic heterocycles. The van der Waals surface area contributed by atoms with Crippen molar-refractivity contribution in [2.24, 2.45) is 0 Å². The average molecular weight is 420 g/mol. The van der Waals surface area contributed by atoms with Crippen LogP contribution in [-0.2, 0) is 12.7 Å². The molecule has 1 saturated heterocycles. The summed E-state index contributed by atoms with van der Waals surface area (Å²) in [7, 11) is 0. The molecule has 5 nitrogen and oxygen atoms in total. The third kappa shape index (κ3) is 4.52. The summed E-state index contributed by atoms with van der Waals surface area (Å²) in [6, 6.07) is 4.16. The zero-order valence-corrected chi connectivity index (χ0v) is 17.0. The zero-order chi connectivity index (χ0) is 21.1. The Balaban J connectivity index is 1.76. The van der Waals surface area contributed by atoms with Gasteiger partial charge in [-0.2, -0.15) is 18.3 Å². The number of alkyl halides is 3. The largest absolute Gasteiger partial charge is 0.418 e. The molecule has 1 aliphatic carbocycles. The van der Waals surface area contributed by atoms with Crippen molar-refractivity contribution in [1.29, 1.82) is 0 Å². The quantitative estimate of drug-likeness (QED) is 0.717. The van der Waals surface area contributed by atoms with E-state index in [9.17, 15) is 18.0 Å². The smallest absolute Gasteiger partial charge is 0.355 e. The van der Waals surface area contributed by atoms with Crippen LogP contribution in [0.15, 0.2) is 29.2 Å². The van der Waals surface area contributed by atoms with Crippen LogP contribution in [-0.4, -0.2) is 27.9 Å². The summed E-state index contributed by atoms with van der Waals surface area (Å²) in [5, 5.41) is 4.49. The average Bonchev–Trinajstić information content (AvgIpc) is 2.76. The minimum Gasteiger partial charge on any atom is -0.355 e. The fourth-order valence-electron chi connectivity index (χ4n) is 4.60. The number of aromatic nitrogens is 3. The van der Waals surface area contributed by atoms with E-state index in [2.05, 4.69) is 15.0 Å². The summed E-state index contributed by atoms with van der Waals surface area (Å²) in [5.74, 6) is 0.842. The van der Waals surface area contributed by atoms with Gasteiger partial charge in [-0.1, -0.05) is 19.3 Å². The van der Waals surface area contributed by atoms with Crippen LogP contribution in [0.4, 0.5) is 19.0 Å². The summed E-state index contributed by atoms with van der Waals surface area (Å²) in [6.07, 6.45) is 5.26. The van der Waals surface area contributed by atoms with E-state index in [0.717, 1.165) is 70.5 Å². The summed E-state index contributed by atoms with van der Waals surface area (Å²) in [5.41, 5.74) is -0.595. The highest BCUT2D eigenvalue weighted by atomic mass is 19.4. The molecular weight excluding hydrogens is 393 g/mol. The van der Waals surface area contributed by atoms with Gasteiger partial charge in [0.15, 0.2) is 0 Å². The van der Waals surface area contributed by atoms with E-state index < -0.39 is 11.7 Å². The van der Waals surface area contributed by atoms with Crippen LogP contribution in [0.1, 0.15) is 74.1 Å². The fourth-order valence-corrected chi connectivity index (χ4v) is 4.60. The Morgan fingerprint density at radius 3 is 2.43 bits per heavy atom. The van der Waals surface area contributed by atoms with Crippen molar-refractivity contribution >= 4 is 5.82 Å². The highest BCUT2D eigenvalue weighted by molar-refractivity contribution is 5.41. The van der Waals surface area contributed by atoms with E-state index in [1.54, 1.807) is 0 Å². The maximum absolute atomic E-state index is 13.4. The topological polar surface area (TPSA) is 51.0 Å². The van der Waals surface area contributed by atoms with Crippen molar-refractivity contribution in [3.05, 3.63) is 51.6 Å². The molecule has 0 bridgehead atoms. The molecule has 2 fully saturated rings. The molecule has 0 N–H and O–H groups in total. The molecule has 2 aliphatic rings. The van der Waals surface area contributed by atoms with Crippen LogP contribution in [0.25, 0.3) is 0 Å². The molecule has 4 rings (SSSR count). The molecule has 0 radical (unpaired) electrons. The van der Waals surface area contributed by atoms with Gasteiger partial charge in [-0.25, -0.2) is 4.68 Å². The molecule has 162 valence electrons. The molecule has 0 aromatic carbocycles. The van der Waals surface area contributed by atoms with Crippen LogP contribution >= 0.6 is 0 Å². The number of rotatable bonds is 4. The Labute approximate surface area is 173 Å². The Kier molecular flexibility index (Phi) is 6.11. The van der Waals surface area contributed by atoms with Gasteiger partial charge in [-0.3, -0.25) is 9.78 Å². The number of pyridine rings is 1. The lowest BCUT2D eigenvalue weighted by molar-refractivity contribution is -0.138. The second-order valence-electron chi connectivity index (χ2n) is 8.30. The van der Waals surface area contributed by atoms with Crippen LogP contribution in [0, 0.1) is 0 Å². The number of anilines is 1. The zero-order valence-electron chi connectivity index (χ0n) is 17.0. The maximum atomic E-state index is 13.4. The van der Waals surface area contributed by atoms with Crippen molar-refractivity contribution < 1.29 is 13.2 Å². The molecular formula is C22H27F3N4O.